The molecule has 0 saturated carbocycles. The highest BCUT2D eigenvalue weighted by atomic mass is 35.5. The van der Waals surface area contributed by atoms with Crippen LogP contribution in [0.1, 0.15) is 13.8 Å². The Morgan fingerprint density at radius 2 is 1.76 bits per heavy atom. The van der Waals surface area contributed by atoms with Gasteiger partial charge in [-0.2, -0.15) is 0 Å². The van der Waals surface area contributed by atoms with E-state index in [4.69, 9.17) is 21.1 Å². The lowest BCUT2D eigenvalue weighted by atomic mass is 10.1. The SMILES string of the molecule is COc1cc(N2C(=O)C(C)NC(=O)C2C)c(OC)cc1Cl. The lowest BCUT2D eigenvalue weighted by Gasteiger charge is -2.36. The van der Waals surface area contributed by atoms with Gasteiger partial charge in [0.25, 0.3) is 0 Å². The molecule has 21 heavy (non-hydrogen) atoms. The number of hydrogen-bond donors (Lipinski definition) is 1. The summed E-state index contributed by atoms with van der Waals surface area (Å²) in [6, 6.07) is 1.92. The Labute approximate surface area is 128 Å². The Hall–Kier alpha value is -1.95. The Bertz CT molecular complexity index is 591. The van der Waals surface area contributed by atoms with Gasteiger partial charge in [-0.25, -0.2) is 0 Å². The van der Waals surface area contributed by atoms with E-state index in [-0.39, 0.29) is 11.8 Å². The molecule has 2 atom stereocenters. The summed E-state index contributed by atoms with van der Waals surface area (Å²) >= 11 is 6.06. The van der Waals surface area contributed by atoms with Crippen molar-refractivity contribution in [3.63, 3.8) is 0 Å². The van der Waals surface area contributed by atoms with E-state index in [0.717, 1.165) is 0 Å². The molecule has 1 aromatic carbocycles. The van der Waals surface area contributed by atoms with Crippen molar-refractivity contribution in [2.75, 3.05) is 19.1 Å². The zero-order valence-corrected chi connectivity index (χ0v) is 13.0. The van der Waals surface area contributed by atoms with E-state index in [9.17, 15) is 9.59 Å². The molecule has 1 aliphatic rings. The molecule has 114 valence electrons. The Morgan fingerprint density at radius 1 is 1.14 bits per heavy atom. The van der Waals surface area contributed by atoms with Crippen molar-refractivity contribution >= 4 is 29.1 Å². The number of rotatable bonds is 3. The normalized spacial score (nSPS) is 22.0. The predicted molar refractivity (Wildman–Crippen MR) is 79.1 cm³/mol. The van der Waals surface area contributed by atoms with Crippen molar-refractivity contribution in [2.45, 2.75) is 25.9 Å². The van der Waals surface area contributed by atoms with Crippen LogP contribution in [0.15, 0.2) is 12.1 Å². The summed E-state index contributed by atoms with van der Waals surface area (Å²) in [5.74, 6) is 0.372. The molecule has 0 radical (unpaired) electrons. The van der Waals surface area contributed by atoms with Gasteiger partial charge >= 0.3 is 0 Å². The Kier molecular flexibility index (Phi) is 4.27. The topological polar surface area (TPSA) is 67.9 Å². The van der Waals surface area contributed by atoms with Gasteiger partial charge in [-0.3, -0.25) is 14.5 Å². The van der Waals surface area contributed by atoms with Gasteiger partial charge in [-0.1, -0.05) is 11.6 Å². The maximum absolute atomic E-state index is 12.4. The molecule has 2 rings (SSSR count). The monoisotopic (exact) mass is 312 g/mol. The number of anilines is 1. The third-order valence-corrected chi connectivity index (χ3v) is 3.74. The smallest absolute Gasteiger partial charge is 0.250 e. The van der Waals surface area contributed by atoms with Crippen LogP contribution in [0, 0.1) is 0 Å². The van der Waals surface area contributed by atoms with E-state index in [1.165, 1.54) is 19.1 Å². The van der Waals surface area contributed by atoms with Crippen LogP contribution in [0.2, 0.25) is 5.02 Å². The molecular formula is C14H17ClN2O4. The molecule has 2 amide bonds. The summed E-state index contributed by atoms with van der Waals surface area (Å²) in [7, 11) is 2.96. The maximum Gasteiger partial charge on any atom is 0.250 e. The van der Waals surface area contributed by atoms with E-state index in [1.807, 2.05) is 0 Å². The number of halogens is 1. The zero-order valence-electron chi connectivity index (χ0n) is 12.3. The van der Waals surface area contributed by atoms with Gasteiger partial charge in [0.05, 0.1) is 24.9 Å². The summed E-state index contributed by atoms with van der Waals surface area (Å²) in [5, 5.41) is 3.00. The number of hydrogen-bond acceptors (Lipinski definition) is 4. The maximum atomic E-state index is 12.4. The average molecular weight is 313 g/mol. The van der Waals surface area contributed by atoms with E-state index >= 15 is 0 Å². The number of methoxy groups -OCH3 is 2. The Morgan fingerprint density at radius 3 is 2.33 bits per heavy atom. The van der Waals surface area contributed by atoms with Gasteiger partial charge in [-0.05, 0) is 13.8 Å². The van der Waals surface area contributed by atoms with Gasteiger partial charge in [-0.15, -0.1) is 0 Å². The van der Waals surface area contributed by atoms with Crippen molar-refractivity contribution in [1.29, 1.82) is 0 Å². The molecule has 1 N–H and O–H groups in total. The summed E-state index contributed by atoms with van der Waals surface area (Å²) in [4.78, 5) is 25.8. The summed E-state index contributed by atoms with van der Waals surface area (Å²) in [5.41, 5.74) is 0.456. The molecule has 1 saturated heterocycles. The first kappa shape index (κ1) is 15.4. The van der Waals surface area contributed by atoms with Gasteiger partial charge in [0.2, 0.25) is 11.8 Å². The van der Waals surface area contributed by atoms with Crippen LogP contribution in [-0.4, -0.2) is 38.1 Å². The fourth-order valence-corrected chi connectivity index (χ4v) is 2.50. The number of ether oxygens (including phenoxy) is 2. The second-order valence-corrected chi connectivity index (χ2v) is 5.18. The summed E-state index contributed by atoms with van der Waals surface area (Å²) < 4.78 is 10.5. The first-order valence-electron chi connectivity index (χ1n) is 6.45. The zero-order chi connectivity index (χ0) is 15.7. The second-order valence-electron chi connectivity index (χ2n) is 4.77. The molecule has 0 aromatic heterocycles. The Balaban J connectivity index is 2.57. The molecule has 1 fully saturated rings. The number of amides is 2. The van der Waals surface area contributed by atoms with Crippen LogP contribution in [0.5, 0.6) is 11.5 Å². The molecular weight excluding hydrogens is 296 g/mol. The van der Waals surface area contributed by atoms with Crippen molar-refractivity contribution < 1.29 is 19.1 Å². The molecule has 0 spiro atoms. The molecule has 2 unspecified atom stereocenters. The molecule has 0 aliphatic carbocycles. The lowest BCUT2D eigenvalue weighted by Crippen LogP contribution is -2.61. The quantitative estimate of drug-likeness (QED) is 0.920. The fraction of sp³-hybridized carbons (Fsp3) is 0.429. The highest BCUT2D eigenvalue weighted by Crippen LogP contribution is 2.39. The molecule has 6 nitrogen and oxygen atoms in total. The van der Waals surface area contributed by atoms with Crippen LogP contribution in [0.25, 0.3) is 0 Å². The number of nitrogens with zero attached hydrogens (tertiary/aromatic N) is 1. The van der Waals surface area contributed by atoms with E-state index < -0.39 is 12.1 Å². The number of nitrogens with one attached hydrogen (secondary N) is 1. The average Bonchev–Trinajstić information content (AvgIpc) is 2.46. The first-order valence-corrected chi connectivity index (χ1v) is 6.83. The largest absolute Gasteiger partial charge is 0.495 e. The van der Waals surface area contributed by atoms with Gasteiger partial charge in [0.1, 0.15) is 23.6 Å². The summed E-state index contributed by atoms with van der Waals surface area (Å²) in [6.45, 7) is 3.29. The van der Waals surface area contributed by atoms with Gasteiger partial charge in [0, 0.05) is 12.1 Å². The molecule has 1 heterocycles. The highest BCUT2D eigenvalue weighted by Gasteiger charge is 2.38. The second kappa shape index (κ2) is 5.81. The van der Waals surface area contributed by atoms with Crippen LogP contribution >= 0.6 is 11.6 Å². The predicted octanol–water partition coefficient (Wildman–Crippen LogP) is 1.60. The highest BCUT2D eigenvalue weighted by molar-refractivity contribution is 6.32. The van der Waals surface area contributed by atoms with Crippen LogP contribution in [-0.2, 0) is 9.59 Å². The minimum Gasteiger partial charge on any atom is -0.495 e. The number of piperazine rings is 1. The third-order valence-electron chi connectivity index (χ3n) is 3.45. The van der Waals surface area contributed by atoms with Crippen molar-refractivity contribution in [1.82, 2.24) is 5.32 Å². The van der Waals surface area contributed by atoms with Crippen molar-refractivity contribution in [3.8, 4) is 11.5 Å². The minimum atomic E-state index is -0.645. The van der Waals surface area contributed by atoms with Crippen LogP contribution in [0.4, 0.5) is 5.69 Å². The number of benzene rings is 1. The van der Waals surface area contributed by atoms with Crippen LogP contribution in [0.3, 0.4) is 0 Å². The third kappa shape index (κ3) is 2.63. The standard InChI is InChI=1S/C14H17ClN2O4/c1-7-14(19)17(8(2)13(18)16-7)10-6-11(20-3)9(15)5-12(10)21-4/h5-8H,1-4H3,(H,16,18). The van der Waals surface area contributed by atoms with E-state index in [2.05, 4.69) is 5.32 Å². The van der Waals surface area contributed by atoms with Gasteiger partial charge in [0.15, 0.2) is 0 Å². The van der Waals surface area contributed by atoms with E-state index in [1.54, 1.807) is 26.0 Å². The van der Waals surface area contributed by atoms with Crippen LogP contribution < -0.4 is 19.7 Å². The number of carbonyl (C=O) groups excluding carboxylic acids is 2. The molecule has 7 heteroatoms. The summed E-state index contributed by atoms with van der Waals surface area (Å²) in [6.07, 6.45) is 0. The van der Waals surface area contributed by atoms with Gasteiger partial charge < -0.3 is 14.8 Å². The number of carbonyl (C=O) groups is 2. The lowest BCUT2D eigenvalue weighted by molar-refractivity contribution is -0.133. The van der Waals surface area contributed by atoms with Crippen molar-refractivity contribution in [2.24, 2.45) is 0 Å². The molecule has 1 aliphatic heterocycles. The first-order chi connectivity index (χ1) is 9.90. The molecule has 1 aromatic rings. The van der Waals surface area contributed by atoms with E-state index in [0.29, 0.717) is 22.2 Å². The minimum absolute atomic E-state index is 0.218. The van der Waals surface area contributed by atoms with Crippen molar-refractivity contribution in [3.05, 3.63) is 17.2 Å². The molecule has 0 bridgehead atoms. The fourth-order valence-electron chi connectivity index (χ4n) is 2.27.